The Hall–Kier alpha value is -3.36. The van der Waals surface area contributed by atoms with E-state index in [2.05, 4.69) is 5.32 Å². The van der Waals surface area contributed by atoms with Crippen LogP contribution in [0.1, 0.15) is 43.8 Å². The zero-order chi connectivity index (χ0) is 20.9. The molecule has 0 aliphatic heterocycles. The van der Waals surface area contributed by atoms with Gasteiger partial charge in [0.25, 0.3) is 5.91 Å². The van der Waals surface area contributed by atoms with Gasteiger partial charge in [-0.05, 0) is 45.4 Å². The highest BCUT2D eigenvalue weighted by Gasteiger charge is 2.23. The second-order valence-corrected chi connectivity index (χ2v) is 7.00. The molecule has 9 nitrogen and oxygen atoms in total. The Morgan fingerprint density at radius 1 is 1.21 bits per heavy atom. The molecule has 1 N–H and O–H groups in total. The van der Waals surface area contributed by atoms with E-state index >= 15 is 0 Å². The van der Waals surface area contributed by atoms with Crippen LogP contribution >= 0.6 is 0 Å². The monoisotopic (exact) mass is 389 g/mol. The summed E-state index contributed by atoms with van der Waals surface area (Å²) in [5.74, 6) is -1.32. The highest BCUT2D eigenvalue weighted by molar-refractivity contribution is 6.02. The number of para-hydroxylation sites is 1. The number of hydrogen-bond acceptors (Lipinski definition) is 6. The van der Waals surface area contributed by atoms with Crippen LogP contribution in [-0.2, 0) is 11.3 Å². The summed E-state index contributed by atoms with van der Waals surface area (Å²) in [6.07, 6.45) is -0.460. The molecule has 0 atom stereocenters. The summed E-state index contributed by atoms with van der Waals surface area (Å²) in [6.45, 7) is 7.83. The fourth-order valence-electron chi connectivity index (χ4n) is 2.35. The van der Waals surface area contributed by atoms with Crippen LogP contribution in [0.25, 0.3) is 0 Å². The molecule has 2 amide bonds. The average Bonchev–Trinajstić information content (AvgIpc) is 3.10. The molecule has 1 aromatic heterocycles. The van der Waals surface area contributed by atoms with Crippen LogP contribution in [0.5, 0.6) is 0 Å². The Morgan fingerprint density at radius 2 is 1.89 bits per heavy atom. The standard InChI is InChI=1S/C19H23N3O6/c1-5-21(18(24)28-19(2,3)4)12-13-8-6-7-9-14(13)20-17(23)15-10-11-16(27-15)22(25)26/h6-11H,5,12H2,1-4H3,(H,20,23). The highest BCUT2D eigenvalue weighted by Crippen LogP contribution is 2.21. The van der Waals surface area contributed by atoms with Gasteiger partial charge >= 0.3 is 12.0 Å². The molecular weight excluding hydrogens is 366 g/mol. The van der Waals surface area contributed by atoms with Crippen molar-refractivity contribution in [3.05, 3.63) is 57.8 Å². The van der Waals surface area contributed by atoms with Crippen LogP contribution in [0.15, 0.2) is 40.8 Å². The first-order valence-corrected chi connectivity index (χ1v) is 8.72. The van der Waals surface area contributed by atoms with Gasteiger partial charge in [0.1, 0.15) is 10.5 Å². The van der Waals surface area contributed by atoms with Crippen LogP contribution in [0.4, 0.5) is 16.4 Å². The maximum atomic E-state index is 12.4. The Labute approximate surface area is 162 Å². The van der Waals surface area contributed by atoms with E-state index in [1.165, 1.54) is 11.0 Å². The summed E-state index contributed by atoms with van der Waals surface area (Å²) in [5, 5.41) is 13.4. The summed E-state index contributed by atoms with van der Waals surface area (Å²) in [4.78, 5) is 36.2. The molecule has 0 unspecified atom stereocenters. The number of rotatable bonds is 6. The second-order valence-electron chi connectivity index (χ2n) is 7.00. The maximum Gasteiger partial charge on any atom is 0.433 e. The van der Waals surface area contributed by atoms with Gasteiger partial charge in [-0.25, -0.2) is 4.79 Å². The van der Waals surface area contributed by atoms with Crippen molar-refractivity contribution in [2.45, 2.75) is 39.8 Å². The third kappa shape index (κ3) is 5.57. The van der Waals surface area contributed by atoms with E-state index in [1.54, 1.807) is 45.0 Å². The van der Waals surface area contributed by atoms with Gasteiger partial charge in [-0.2, -0.15) is 0 Å². The van der Waals surface area contributed by atoms with E-state index in [4.69, 9.17) is 9.15 Å². The third-order valence-corrected chi connectivity index (χ3v) is 3.66. The smallest absolute Gasteiger partial charge is 0.433 e. The molecule has 0 aliphatic carbocycles. The molecule has 2 aromatic rings. The minimum absolute atomic E-state index is 0.180. The van der Waals surface area contributed by atoms with Crippen LogP contribution in [0.3, 0.4) is 0 Å². The lowest BCUT2D eigenvalue weighted by Gasteiger charge is -2.27. The van der Waals surface area contributed by atoms with Crippen molar-refractivity contribution in [1.82, 2.24) is 4.90 Å². The first kappa shape index (κ1) is 20.9. The van der Waals surface area contributed by atoms with Crippen LogP contribution in [0.2, 0.25) is 0 Å². The Morgan fingerprint density at radius 3 is 2.46 bits per heavy atom. The fraction of sp³-hybridized carbons (Fsp3) is 0.368. The van der Waals surface area contributed by atoms with Gasteiger partial charge in [-0.3, -0.25) is 14.9 Å². The Bertz CT molecular complexity index is 869. The third-order valence-electron chi connectivity index (χ3n) is 3.66. The van der Waals surface area contributed by atoms with Gasteiger partial charge in [-0.1, -0.05) is 18.2 Å². The van der Waals surface area contributed by atoms with Crippen molar-refractivity contribution in [2.75, 3.05) is 11.9 Å². The summed E-state index contributed by atoms with van der Waals surface area (Å²) >= 11 is 0. The second kappa shape index (κ2) is 8.55. The number of anilines is 1. The van der Waals surface area contributed by atoms with Crippen LogP contribution in [-0.4, -0.2) is 34.0 Å². The number of nitro groups is 1. The first-order chi connectivity index (χ1) is 13.1. The molecule has 28 heavy (non-hydrogen) atoms. The van der Waals surface area contributed by atoms with E-state index in [1.807, 2.05) is 6.92 Å². The Balaban J connectivity index is 2.16. The average molecular weight is 389 g/mol. The van der Waals surface area contributed by atoms with Crippen molar-refractivity contribution in [1.29, 1.82) is 0 Å². The number of furan rings is 1. The van der Waals surface area contributed by atoms with Crippen LogP contribution in [0, 0.1) is 10.1 Å². The quantitative estimate of drug-likeness (QED) is 0.585. The molecule has 0 fully saturated rings. The van der Waals surface area contributed by atoms with Crippen molar-refractivity contribution < 1.29 is 23.7 Å². The molecule has 150 valence electrons. The summed E-state index contributed by atoms with van der Waals surface area (Å²) in [5.41, 5.74) is 0.532. The van der Waals surface area contributed by atoms with Crippen molar-refractivity contribution >= 4 is 23.6 Å². The van der Waals surface area contributed by atoms with Gasteiger partial charge in [0.05, 0.1) is 12.6 Å². The van der Waals surface area contributed by atoms with E-state index < -0.39 is 28.4 Å². The maximum absolute atomic E-state index is 12.4. The van der Waals surface area contributed by atoms with Crippen molar-refractivity contribution in [2.24, 2.45) is 0 Å². The zero-order valence-electron chi connectivity index (χ0n) is 16.2. The number of nitrogens with zero attached hydrogens (tertiary/aromatic N) is 2. The summed E-state index contributed by atoms with van der Waals surface area (Å²) < 4.78 is 10.3. The SMILES string of the molecule is CCN(Cc1ccccc1NC(=O)c1ccc([N+](=O)[O-])o1)C(=O)OC(C)(C)C. The fourth-order valence-corrected chi connectivity index (χ4v) is 2.35. The van der Waals surface area contributed by atoms with Crippen molar-refractivity contribution in [3.8, 4) is 0 Å². The lowest BCUT2D eigenvalue weighted by Crippen LogP contribution is -2.36. The van der Waals surface area contributed by atoms with Gasteiger partial charge in [0, 0.05) is 12.2 Å². The molecule has 9 heteroatoms. The largest absolute Gasteiger partial charge is 0.444 e. The number of carbonyl (C=O) groups is 2. The number of hydrogen-bond donors (Lipinski definition) is 1. The lowest BCUT2D eigenvalue weighted by molar-refractivity contribution is -0.402. The summed E-state index contributed by atoms with van der Waals surface area (Å²) in [6, 6.07) is 9.30. The summed E-state index contributed by atoms with van der Waals surface area (Å²) in [7, 11) is 0. The van der Waals surface area contributed by atoms with Crippen molar-refractivity contribution in [3.63, 3.8) is 0 Å². The predicted molar refractivity (Wildman–Crippen MR) is 102 cm³/mol. The number of nitrogens with one attached hydrogen (secondary N) is 1. The van der Waals surface area contributed by atoms with Gasteiger partial charge in [0.2, 0.25) is 0 Å². The van der Waals surface area contributed by atoms with Gasteiger partial charge < -0.3 is 19.4 Å². The minimum Gasteiger partial charge on any atom is -0.444 e. The highest BCUT2D eigenvalue weighted by atomic mass is 16.6. The van der Waals surface area contributed by atoms with E-state index in [0.29, 0.717) is 17.8 Å². The van der Waals surface area contributed by atoms with Gasteiger partial charge in [0.15, 0.2) is 5.76 Å². The molecule has 1 heterocycles. The molecule has 1 aromatic carbocycles. The van der Waals surface area contributed by atoms with E-state index in [-0.39, 0.29) is 12.3 Å². The lowest BCUT2D eigenvalue weighted by atomic mass is 10.1. The first-order valence-electron chi connectivity index (χ1n) is 8.72. The number of ether oxygens (including phenoxy) is 1. The molecule has 0 saturated heterocycles. The minimum atomic E-state index is -0.718. The van der Waals surface area contributed by atoms with Crippen LogP contribution < -0.4 is 5.32 Å². The van der Waals surface area contributed by atoms with E-state index in [9.17, 15) is 19.7 Å². The Kier molecular flexibility index (Phi) is 6.40. The number of carbonyl (C=O) groups excluding carboxylic acids is 2. The van der Waals surface area contributed by atoms with Gasteiger partial charge in [-0.15, -0.1) is 0 Å². The molecule has 2 rings (SSSR count). The molecule has 0 radical (unpaired) electrons. The number of amides is 2. The number of benzene rings is 1. The molecule has 0 spiro atoms. The molecule has 0 aliphatic rings. The zero-order valence-corrected chi connectivity index (χ0v) is 16.2. The molecular formula is C19H23N3O6. The molecule has 0 bridgehead atoms. The normalized spacial score (nSPS) is 11.0. The topological polar surface area (TPSA) is 115 Å². The van der Waals surface area contributed by atoms with E-state index in [0.717, 1.165) is 6.07 Å². The molecule has 0 saturated carbocycles. The predicted octanol–water partition coefficient (Wildman–Crippen LogP) is 4.20.